The molecule has 1 rings (SSSR count). The first-order valence-corrected chi connectivity index (χ1v) is 4.29. The molecule has 0 amide bonds. The number of hydrogen-bond acceptors (Lipinski definition) is 5. The smallest absolute Gasteiger partial charge is 0.387 e. The van der Waals surface area contributed by atoms with Crippen LogP contribution in [0.25, 0.3) is 0 Å². The van der Waals surface area contributed by atoms with Crippen LogP contribution < -0.4 is 4.74 Å². The number of carbonyl (C=O) groups excluding carboxylic acids is 1. The molecule has 0 aliphatic heterocycles. The lowest BCUT2D eigenvalue weighted by atomic mass is 10.2. The molecule has 6 nitrogen and oxygen atoms in total. The first-order chi connectivity index (χ1) is 8.13. The summed E-state index contributed by atoms with van der Waals surface area (Å²) in [4.78, 5) is 22.6. The second-order valence-corrected chi connectivity index (χ2v) is 3.06. The Morgan fingerprint density at radius 2 is 2.06 bits per heavy atom. The average molecular weight is 289 g/mol. The Hall–Kier alpha value is -1.97. The lowest BCUT2D eigenvalue weighted by Crippen LogP contribution is -2.20. The minimum absolute atomic E-state index is 0.180. The van der Waals surface area contributed by atoms with E-state index in [9.17, 15) is 32.5 Å². The van der Waals surface area contributed by atoms with Gasteiger partial charge in [-0.2, -0.15) is 4.39 Å². The molecule has 0 radical (unpaired) electrons. The summed E-state index contributed by atoms with van der Waals surface area (Å²) in [5.74, 6) is -3.35. The van der Waals surface area contributed by atoms with Gasteiger partial charge in [-0.3, -0.25) is 14.9 Å². The maximum atomic E-state index is 13.4. The van der Waals surface area contributed by atoms with Crippen molar-refractivity contribution < 1.29 is 32.0 Å². The molecule has 1 heterocycles. The van der Waals surface area contributed by atoms with E-state index in [2.05, 4.69) is 9.72 Å². The Morgan fingerprint density at radius 3 is 2.44 bits per heavy atom. The molecule has 98 valence electrons. The average Bonchev–Trinajstić information content (AvgIpc) is 2.13. The Morgan fingerprint density at radius 1 is 1.50 bits per heavy atom. The number of halogens is 5. The Balaban J connectivity index is 3.42. The van der Waals surface area contributed by atoms with Crippen molar-refractivity contribution in [1.82, 2.24) is 4.98 Å². The molecule has 0 aliphatic carbocycles. The van der Waals surface area contributed by atoms with E-state index in [-0.39, 0.29) is 6.20 Å². The number of rotatable bonds is 3. The minimum atomic E-state index is -5.25. The minimum Gasteiger partial charge on any atom is -0.387 e. The normalized spacial score (nSPS) is 11.2. The summed E-state index contributed by atoms with van der Waals surface area (Å²) in [7, 11) is 0. The highest BCUT2D eigenvalue weighted by Gasteiger charge is 2.36. The van der Waals surface area contributed by atoms with Crippen molar-refractivity contribution in [1.29, 1.82) is 0 Å². The highest BCUT2D eigenvalue weighted by Crippen LogP contribution is 2.31. The van der Waals surface area contributed by atoms with Gasteiger partial charge in [-0.05, 0) is 11.6 Å². The van der Waals surface area contributed by atoms with Crippen molar-refractivity contribution in [2.24, 2.45) is 0 Å². The molecule has 0 N–H and O–H groups in total. The number of alkyl halides is 3. The van der Waals surface area contributed by atoms with Crippen LogP contribution in [0, 0.1) is 15.9 Å². The highest BCUT2D eigenvalue weighted by atomic mass is 35.5. The lowest BCUT2D eigenvalue weighted by molar-refractivity contribution is -0.388. The summed E-state index contributed by atoms with van der Waals surface area (Å²) in [6, 6.07) is 0. The monoisotopic (exact) mass is 288 g/mol. The van der Waals surface area contributed by atoms with Crippen LogP contribution in [0.2, 0.25) is 0 Å². The van der Waals surface area contributed by atoms with Gasteiger partial charge in [0.1, 0.15) is 11.8 Å². The van der Waals surface area contributed by atoms with Gasteiger partial charge < -0.3 is 4.74 Å². The summed E-state index contributed by atoms with van der Waals surface area (Å²) in [5.41, 5.74) is -2.75. The molecule has 0 unspecified atom stereocenters. The number of pyridine rings is 1. The summed E-state index contributed by atoms with van der Waals surface area (Å²) in [5, 5.41) is 8.60. The summed E-state index contributed by atoms with van der Waals surface area (Å²) < 4.78 is 52.3. The highest BCUT2D eigenvalue weighted by molar-refractivity contribution is 6.68. The molecule has 0 atom stereocenters. The second kappa shape index (κ2) is 4.72. The molecule has 0 spiro atoms. The van der Waals surface area contributed by atoms with Gasteiger partial charge in [0.15, 0.2) is 0 Å². The number of ether oxygens (including phenoxy) is 1. The predicted octanol–water partition coefficient (Wildman–Crippen LogP) is 2.41. The van der Waals surface area contributed by atoms with E-state index in [4.69, 9.17) is 11.6 Å². The number of aromatic nitrogens is 1. The zero-order valence-corrected chi connectivity index (χ0v) is 8.75. The van der Waals surface area contributed by atoms with Crippen LogP contribution in [0.1, 0.15) is 10.4 Å². The largest absolute Gasteiger partial charge is 0.574 e. The van der Waals surface area contributed by atoms with Gasteiger partial charge in [0.2, 0.25) is 11.7 Å². The second-order valence-electron chi connectivity index (χ2n) is 2.72. The fourth-order valence-electron chi connectivity index (χ4n) is 0.948. The SMILES string of the molecule is O=C(Cl)c1c(OC(F)(F)F)ncc([N+](=O)[O-])c1F. The molecule has 0 bridgehead atoms. The lowest BCUT2D eigenvalue weighted by Gasteiger charge is -2.10. The Labute approximate surface area is 100 Å². The van der Waals surface area contributed by atoms with Crippen LogP contribution >= 0.6 is 11.6 Å². The molecule has 0 saturated heterocycles. The third kappa shape index (κ3) is 3.03. The maximum absolute atomic E-state index is 13.4. The van der Waals surface area contributed by atoms with Gasteiger partial charge in [0.25, 0.3) is 5.24 Å². The van der Waals surface area contributed by atoms with Crippen molar-refractivity contribution in [2.75, 3.05) is 0 Å². The molecule has 1 aromatic heterocycles. The fraction of sp³-hybridized carbons (Fsp3) is 0.143. The van der Waals surface area contributed by atoms with E-state index in [1.807, 2.05) is 0 Å². The standard InChI is InChI=1S/C7HClF4N2O4/c8-5(15)3-4(9)2(14(16)17)1-13-6(3)18-7(10,11)12/h1H. The van der Waals surface area contributed by atoms with Gasteiger partial charge in [-0.15, -0.1) is 13.2 Å². The number of hydrogen-bond donors (Lipinski definition) is 0. The zero-order valence-electron chi connectivity index (χ0n) is 7.99. The van der Waals surface area contributed by atoms with E-state index in [1.54, 1.807) is 0 Å². The Bertz CT molecular complexity index is 519. The van der Waals surface area contributed by atoms with Gasteiger partial charge in [0.05, 0.1) is 4.92 Å². The van der Waals surface area contributed by atoms with Crippen LogP contribution in [0.4, 0.5) is 23.2 Å². The van der Waals surface area contributed by atoms with E-state index in [1.165, 1.54) is 0 Å². The third-order valence-electron chi connectivity index (χ3n) is 1.57. The first-order valence-electron chi connectivity index (χ1n) is 3.92. The van der Waals surface area contributed by atoms with Crippen LogP contribution in [-0.2, 0) is 0 Å². The Kier molecular flexibility index (Phi) is 3.70. The van der Waals surface area contributed by atoms with E-state index in [0.29, 0.717) is 0 Å². The van der Waals surface area contributed by atoms with Crippen LogP contribution in [0.5, 0.6) is 5.88 Å². The quantitative estimate of drug-likeness (QED) is 0.369. The van der Waals surface area contributed by atoms with Crippen LogP contribution in [0.15, 0.2) is 6.20 Å². The molecule has 0 fully saturated rings. The number of carbonyl (C=O) groups is 1. The molecule has 0 saturated carbocycles. The molecule has 11 heteroatoms. The van der Waals surface area contributed by atoms with Crippen molar-refractivity contribution >= 4 is 22.5 Å². The summed E-state index contributed by atoms with van der Waals surface area (Å²) in [6.45, 7) is 0. The molecule has 0 aromatic carbocycles. The molecular formula is C7HClF4N2O4. The molecule has 18 heavy (non-hydrogen) atoms. The van der Waals surface area contributed by atoms with E-state index in [0.717, 1.165) is 0 Å². The maximum Gasteiger partial charge on any atom is 0.574 e. The van der Waals surface area contributed by atoms with Gasteiger partial charge in [0, 0.05) is 0 Å². The molecule has 0 aliphatic rings. The van der Waals surface area contributed by atoms with E-state index < -0.39 is 39.5 Å². The predicted molar refractivity (Wildman–Crippen MR) is 47.7 cm³/mol. The summed E-state index contributed by atoms with van der Waals surface area (Å²) in [6.07, 6.45) is -5.07. The van der Waals surface area contributed by atoms with Crippen molar-refractivity contribution in [3.05, 3.63) is 27.7 Å². The van der Waals surface area contributed by atoms with Crippen molar-refractivity contribution in [3.63, 3.8) is 0 Å². The van der Waals surface area contributed by atoms with Crippen molar-refractivity contribution in [3.8, 4) is 5.88 Å². The van der Waals surface area contributed by atoms with Crippen molar-refractivity contribution in [2.45, 2.75) is 6.36 Å². The third-order valence-corrected chi connectivity index (χ3v) is 1.76. The molecular weight excluding hydrogens is 288 g/mol. The number of nitrogens with zero attached hydrogens (tertiary/aromatic N) is 2. The first kappa shape index (κ1) is 14.1. The van der Waals surface area contributed by atoms with Crippen LogP contribution in [0.3, 0.4) is 0 Å². The van der Waals surface area contributed by atoms with Gasteiger partial charge in [-0.25, -0.2) is 4.98 Å². The van der Waals surface area contributed by atoms with Gasteiger partial charge in [-0.1, -0.05) is 0 Å². The van der Waals surface area contributed by atoms with Crippen LogP contribution in [-0.4, -0.2) is 21.5 Å². The molecule has 1 aromatic rings. The summed E-state index contributed by atoms with van der Waals surface area (Å²) >= 11 is 4.83. The zero-order chi connectivity index (χ0) is 14.1. The topological polar surface area (TPSA) is 82.3 Å². The van der Waals surface area contributed by atoms with E-state index >= 15 is 0 Å². The van der Waals surface area contributed by atoms with Gasteiger partial charge >= 0.3 is 12.0 Å². The fourth-order valence-corrected chi connectivity index (χ4v) is 1.11. The number of nitro groups is 1.